The Labute approximate surface area is 141 Å². The summed E-state index contributed by atoms with van der Waals surface area (Å²) in [5.41, 5.74) is 1.20. The molecule has 1 aliphatic carbocycles. The summed E-state index contributed by atoms with van der Waals surface area (Å²) < 4.78 is 7.53. The first-order valence-corrected chi connectivity index (χ1v) is 8.79. The minimum Gasteiger partial charge on any atom is -0.378 e. The SMILES string of the molecule is CC1CC2(CO1)CC(NC(=O)C(=O)NC1CCCn3nccc31)C2. The second-order valence-corrected chi connectivity index (χ2v) is 7.55. The summed E-state index contributed by atoms with van der Waals surface area (Å²) >= 11 is 0. The lowest BCUT2D eigenvalue weighted by Crippen LogP contribution is -2.54. The fourth-order valence-corrected chi connectivity index (χ4v) is 4.46. The van der Waals surface area contributed by atoms with Crippen LogP contribution >= 0.6 is 0 Å². The van der Waals surface area contributed by atoms with E-state index in [9.17, 15) is 9.59 Å². The number of fused-ring (bicyclic) bond motifs is 1. The predicted octanol–water partition coefficient (Wildman–Crippen LogP) is 0.908. The molecular weight excluding hydrogens is 308 g/mol. The van der Waals surface area contributed by atoms with E-state index >= 15 is 0 Å². The molecule has 2 amide bonds. The molecule has 2 N–H and O–H groups in total. The number of hydrogen-bond acceptors (Lipinski definition) is 4. The highest BCUT2D eigenvalue weighted by Crippen LogP contribution is 2.49. The molecule has 4 rings (SSSR count). The van der Waals surface area contributed by atoms with Crippen molar-refractivity contribution >= 4 is 11.8 Å². The van der Waals surface area contributed by atoms with E-state index in [0.717, 1.165) is 50.9 Å². The zero-order chi connectivity index (χ0) is 16.7. The molecule has 7 nitrogen and oxygen atoms in total. The molecular formula is C17H24N4O3. The maximum Gasteiger partial charge on any atom is 0.309 e. The zero-order valence-corrected chi connectivity index (χ0v) is 14.0. The first-order chi connectivity index (χ1) is 11.5. The largest absolute Gasteiger partial charge is 0.378 e. The van der Waals surface area contributed by atoms with E-state index in [-0.39, 0.29) is 17.5 Å². The smallest absolute Gasteiger partial charge is 0.309 e. The van der Waals surface area contributed by atoms with Gasteiger partial charge in [0, 0.05) is 24.2 Å². The van der Waals surface area contributed by atoms with E-state index in [1.807, 2.05) is 10.7 Å². The summed E-state index contributed by atoms with van der Waals surface area (Å²) in [6, 6.07) is 1.87. The van der Waals surface area contributed by atoms with Crippen LogP contribution in [0.4, 0.5) is 0 Å². The minimum atomic E-state index is -0.549. The summed E-state index contributed by atoms with van der Waals surface area (Å²) in [4.78, 5) is 24.4. The van der Waals surface area contributed by atoms with E-state index in [0.29, 0.717) is 6.10 Å². The minimum absolute atomic E-state index is 0.0917. The first-order valence-electron chi connectivity index (χ1n) is 8.79. The molecule has 1 spiro atoms. The van der Waals surface area contributed by atoms with Crippen LogP contribution in [0.3, 0.4) is 0 Å². The number of hydrogen-bond donors (Lipinski definition) is 2. The number of carbonyl (C=O) groups excluding carboxylic acids is 2. The molecule has 0 aromatic carbocycles. The van der Waals surface area contributed by atoms with Crippen molar-refractivity contribution in [3.63, 3.8) is 0 Å². The van der Waals surface area contributed by atoms with Gasteiger partial charge in [-0.25, -0.2) is 0 Å². The lowest BCUT2D eigenvalue weighted by molar-refractivity contribution is -0.141. The third-order valence-corrected chi connectivity index (χ3v) is 5.57. The lowest BCUT2D eigenvalue weighted by Gasteiger charge is -2.44. The van der Waals surface area contributed by atoms with Crippen LogP contribution in [0.15, 0.2) is 12.3 Å². The standard InChI is InChI=1S/C17H24N4O3/c1-11-7-17(10-24-11)8-12(9-17)19-15(22)16(23)20-13-3-2-6-21-14(13)4-5-18-21/h4-5,11-13H,2-3,6-10H2,1H3,(H,19,22)(H,20,23). The quantitative estimate of drug-likeness (QED) is 0.788. The Morgan fingerprint density at radius 2 is 2.08 bits per heavy atom. The summed E-state index contributed by atoms with van der Waals surface area (Å²) in [6.45, 7) is 3.73. The van der Waals surface area contributed by atoms with Crippen LogP contribution in [-0.2, 0) is 20.9 Å². The molecule has 7 heteroatoms. The highest BCUT2D eigenvalue weighted by atomic mass is 16.5. The van der Waals surface area contributed by atoms with E-state index in [2.05, 4.69) is 22.7 Å². The maximum absolute atomic E-state index is 12.2. The number of aromatic nitrogens is 2. The highest BCUT2D eigenvalue weighted by Gasteiger charge is 2.49. The molecule has 2 aliphatic heterocycles. The van der Waals surface area contributed by atoms with Gasteiger partial charge in [-0.05, 0) is 45.1 Å². The van der Waals surface area contributed by atoms with Gasteiger partial charge in [0.15, 0.2) is 0 Å². The second kappa shape index (κ2) is 5.88. The van der Waals surface area contributed by atoms with Gasteiger partial charge in [-0.2, -0.15) is 5.10 Å². The molecule has 2 atom stereocenters. The van der Waals surface area contributed by atoms with E-state index in [1.54, 1.807) is 6.20 Å². The Bertz CT molecular complexity index is 650. The third-order valence-electron chi connectivity index (χ3n) is 5.57. The van der Waals surface area contributed by atoms with Gasteiger partial charge in [0.05, 0.1) is 24.4 Å². The fourth-order valence-electron chi connectivity index (χ4n) is 4.46. The van der Waals surface area contributed by atoms with Crippen molar-refractivity contribution in [1.29, 1.82) is 0 Å². The number of amides is 2. The Balaban J connectivity index is 1.28. The van der Waals surface area contributed by atoms with Crippen molar-refractivity contribution in [3.05, 3.63) is 18.0 Å². The van der Waals surface area contributed by atoms with Crippen LogP contribution < -0.4 is 10.6 Å². The van der Waals surface area contributed by atoms with Gasteiger partial charge in [0.1, 0.15) is 0 Å². The predicted molar refractivity (Wildman–Crippen MR) is 86.0 cm³/mol. The van der Waals surface area contributed by atoms with Gasteiger partial charge >= 0.3 is 11.8 Å². The molecule has 2 fully saturated rings. The molecule has 3 heterocycles. The fraction of sp³-hybridized carbons (Fsp3) is 0.706. The van der Waals surface area contributed by atoms with Crippen molar-refractivity contribution in [2.24, 2.45) is 5.41 Å². The van der Waals surface area contributed by atoms with Crippen molar-refractivity contribution in [2.75, 3.05) is 6.61 Å². The normalized spacial score (nSPS) is 34.5. The van der Waals surface area contributed by atoms with E-state index in [1.165, 1.54) is 0 Å². The van der Waals surface area contributed by atoms with Gasteiger partial charge in [-0.3, -0.25) is 14.3 Å². The van der Waals surface area contributed by atoms with E-state index in [4.69, 9.17) is 4.74 Å². The molecule has 0 bridgehead atoms. The van der Waals surface area contributed by atoms with Gasteiger partial charge in [0.25, 0.3) is 0 Å². The summed E-state index contributed by atoms with van der Waals surface area (Å²) in [5.74, 6) is -1.08. The summed E-state index contributed by atoms with van der Waals surface area (Å²) in [6.07, 6.45) is 6.70. The Kier molecular flexibility index (Phi) is 3.83. The summed E-state index contributed by atoms with van der Waals surface area (Å²) in [5, 5.41) is 9.94. The highest BCUT2D eigenvalue weighted by molar-refractivity contribution is 6.35. The van der Waals surface area contributed by atoms with Crippen molar-refractivity contribution in [2.45, 2.75) is 63.8 Å². The number of carbonyl (C=O) groups is 2. The monoisotopic (exact) mass is 332 g/mol. The Morgan fingerprint density at radius 1 is 1.29 bits per heavy atom. The molecule has 1 aromatic rings. The van der Waals surface area contributed by atoms with Crippen LogP contribution in [-0.4, -0.2) is 40.3 Å². The van der Waals surface area contributed by atoms with Gasteiger partial charge in [0.2, 0.25) is 0 Å². The molecule has 0 radical (unpaired) electrons. The third kappa shape index (κ3) is 2.81. The topological polar surface area (TPSA) is 85.2 Å². The molecule has 2 unspecified atom stereocenters. The van der Waals surface area contributed by atoms with Crippen LogP contribution in [0.1, 0.15) is 50.8 Å². The number of nitrogens with one attached hydrogen (secondary N) is 2. The zero-order valence-electron chi connectivity index (χ0n) is 14.0. The molecule has 1 saturated heterocycles. The lowest BCUT2D eigenvalue weighted by atomic mass is 9.64. The number of nitrogens with zero attached hydrogens (tertiary/aromatic N) is 2. The summed E-state index contributed by atoms with van der Waals surface area (Å²) in [7, 11) is 0. The molecule has 130 valence electrons. The van der Waals surface area contributed by atoms with Crippen molar-refractivity contribution in [1.82, 2.24) is 20.4 Å². The van der Waals surface area contributed by atoms with Gasteiger partial charge in [-0.15, -0.1) is 0 Å². The molecule has 24 heavy (non-hydrogen) atoms. The van der Waals surface area contributed by atoms with Gasteiger partial charge < -0.3 is 15.4 Å². The molecule has 1 aromatic heterocycles. The molecule has 1 saturated carbocycles. The average molecular weight is 332 g/mol. The van der Waals surface area contributed by atoms with Crippen molar-refractivity contribution < 1.29 is 14.3 Å². The Hall–Kier alpha value is -1.89. The van der Waals surface area contributed by atoms with E-state index < -0.39 is 11.8 Å². The van der Waals surface area contributed by atoms with Crippen LogP contribution in [0.25, 0.3) is 0 Å². The number of rotatable bonds is 2. The van der Waals surface area contributed by atoms with Gasteiger partial charge in [-0.1, -0.05) is 0 Å². The van der Waals surface area contributed by atoms with Crippen LogP contribution in [0.5, 0.6) is 0 Å². The van der Waals surface area contributed by atoms with Crippen molar-refractivity contribution in [3.8, 4) is 0 Å². The maximum atomic E-state index is 12.2. The number of aryl methyl sites for hydroxylation is 1. The number of ether oxygens (including phenoxy) is 1. The first kappa shape index (κ1) is 15.6. The average Bonchev–Trinajstić information content (AvgIpc) is 3.14. The van der Waals surface area contributed by atoms with Crippen LogP contribution in [0.2, 0.25) is 0 Å². The Morgan fingerprint density at radius 3 is 2.83 bits per heavy atom. The second-order valence-electron chi connectivity index (χ2n) is 7.55. The van der Waals surface area contributed by atoms with Crippen LogP contribution in [0, 0.1) is 5.41 Å². The molecule has 3 aliphatic rings.